The molecule has 0 aliphatic rings. The van der Waals surface area contributed by atoms with Crippen molar-refractivity contribution in [3.8, 4) is 10.4 Å². The second kappa shape index (κ2) is 4.82. The summed E-state index contributed by atoms with van der Waals surface area (Å²) in [6.45, 7) is 6.64. The van der Waals surface area contributed by atoms with E-state index in [1.807, 2.05) is 11.3 Å². The molecule has 2 aromatic carbocycles. The summed E-state index contributed by atoms with van der Waals surface area (Å²) in [6.07, 6.45) is 0. The van der Waals surface area contributed by atoms with E-state index in [0.717, 1.165) is 0 Å². The Morgan fingerprint density at radius 1 is 0.842 bits per heavy atom. The second-order valence-electron chi connectivity index (χ2n) is 5.42. The smallest absolute Gasteiger partial charge is 0.0345 e. The highest BCUT2D eigenvalue weighted by molar-refractivity contribution is 7.15. The molecule has 96 valence electrons. The zero-order chi connectivity index (χ0) is 13.4. The van der Waals surface area contributed by atoms with Crippen LogP contribution >= 0.6 is 11.3 Å². The van der Waals surface area contributed by atoms with Gasteiger partial charge >= 0.3 is 0 Å². The van der Waals surface area contributed by atoms with Gasteiger partial charge in [-0.15, -0.1) is 11.3 Å². The van der Waals surface area contributed by atoms with Gasteiger partial charge in [-0.25, -0.2) is 0 Å². The summed E-state index contributed by atoms with van der Waals surface area (Å²) in [5.41, 5.74) is 2.65. The van der Waals surface area contributed by atoms with Crippen LogP contribution in [0.4, 0.5) is 0 Å². The van der Waals surface area contributed by atoms with Crippen LogP contribution in [0.15, 0.2) is 48.5 Å². The SMILES string of the molecule is Cc1ccc2cc(-c3ccc(C(C)C)s3)ccc2c1. The Morgan fingerprint density at radius 3 is 2.32 bits per heavy atom. The van der Waals surface area contributed by atoms with Crippen molar-refractivity contribution in [3.05, 3.63) is 59.0 Å². The average Bonchev–Trinajstić information content (AvgIpc) is 2.88. The lowest BCUT2D eigenvalue weighted by Gasteiger charge is -2.03. The molecule has 0 fully saturated rings. The first kappa shape index (κ1) is 12.4. The summed E-state index contributed by atoms with van der Waals surface area (Å²) in [5.74, 6) is 0.613. The third-order valence-corrected chi connectivity index (χ3v) is 4.91. The van der Waals surface area contributed by atoms with Crippen molar-refractivity contribution in [1.29, 1.82) is 0 Å². The minimum Gasteiger partial charge on any atom is -0.140 e. The van der Waals surface area contributed by atoms with Crippen LogP contribution < -0.4 is 0 Å². The first-order chi connectivity index (χ1) is 9.13. The van der Waals surface area contributed by atoms with Gasteiger partial charge in [0, 0.05) is 9.75 Å². The number of fused-ring (bicyclic) bond motifs is 1. The molecular formula is C18H18S. The molecule has 0 bridgehead atoms. The van der Waals surface area contributed by atoms with Gasteiger partial charge in [-0.05, 0) is 47.4 Å². The highest BCUT2D eigenvalue weighted by Gasteiger charge is 2.06. The van der Waals surface area contributed by atoms with Crippen LogP contribution in [-0.4, -0.2) is 0 Å². The molecule has 1 heterocycles. The van der Waals surface area contributed by atoms with Gasteiger partial charge < -0.3 is 0 Å². The third-order valence-electron chi connectivity index (χ3n) is 3.48. The predicted octanol–water partition coefficient (Wildman–Crippen LogP) is 6.00. The van der Waals surface area contributed by atoms with E-state index in [2.05, 4.69) is 69.3 Å². The molecule has 3 rings (SSSR count). The third kappa shape index (κ3) is 2.43. The van der Waals surface area contributed by atoms with Gasteiger partial charge in [0.15, 0.2) is 0 Å². The summed E-state index contributed by atoms with van der Waals surface area (Å²) in [4.78, 5) is 2.82. The van der Waals surface area contributed by atoms with Gasteiger partial charge in [-0.3, -0.25) is 0 Å². The van der Waals surface area contributed by atoms with Crippen molar-refractivity contribution in [2.75, 3.05) is 0 Å². The predicted molar refractivity (Wildman–Crippen MR) is 86.1 cm³/mol. The molecule has 0 radical (unpaired) electrons. The number of aryl methyl sites for hydroxylation is 1. The Hall–Kier alpha value is -1.60. The molecular weight excluding hydrogens is 248 g/mol. The van der Waals surface area contributed by atoms with Gasteiger partial charge in [0.1, 0.15) is 0 Å². The minimum atomic E-state index is 0.613. The number of hydrogen-bond donors (Lipinski definition) is 0. The zero-order valence-electron chi connectivity index (χ0n) is 11.6. The highest BCUT2D eigenvalue weighted by atomic mass is 32.1. The highest BCUT2D eigenvalue weighted by Crippen LogP contribution is 2.33. The van der Waals surface area contributed by atoms with E-state index in [9.17, 15) is 0 Å². The average molecular weight is 266 g/mol. The number of benzene rings is 2. The molecule has 0 aliphatic carbocycles. The van der Waals surface area contributed by atoms with E-state index in [0.29, 0.717) is 5.92 Å². The summed E-state index contributed by atoms with van der Waals surface area (Å²) in [7, 11) is 0. The monoisotopic (exact) mass is 266 g/mol. The first-order valence-corrected chi connectivity index (χ1v) is 7.55. The number of thiophene rings is 1. The molecule has 0 unspecified atom stereocenters. The minimum absolute atomic E-state index is 0.613. The lowest BCUT2D eigenvalue weighted by atomic mass is 10.0. The van der Waals surface area contributed by atoms with E-state index in [-0.39, 0.29) is 0 Å². The maximum Gasteiger partial charge on any atom is 0.0345 e. The molecule has 0 nitrogen and oxygen atoms in total. The van der Waals surface area contributed by atoms with E-state index >= 15 is 0 Å². The fourth-order valence-electron chi connectivity index (χ4n) is 2.34. The van der Waals surface area contributed by atoms with Crippen LogP contribution in [0.2, 0.25) is 0 Å². The summed E-state index contributed by atoms with van der Waals surface area (Å²) in [6, 6.07) is 17.9. The molecule has 0 spiro atoms. The lowest BCUT2D eigenvalue weighted by Crippen LogP contribution is -1.78. The van der Waals surface area contributed by atoms with E-state index in [1.54, 1.807) is 0 Å². The van der Waals surface area contributed by atoms with Crippen molar-refractivity contribution in [3.63, 3.8) is 0 Å². The van der Waals surface area contributed by atoms with E-state index in [1.165, 1.54) is 31.7 Å². The van der Waals surface area contributed by atoms with E-state index in [4.69, 9.17) is 0 Å². The van der Waals surface area contributed by atoms with Gasteiger partial charge in [0.05, 0.1) is 0 Å². The Kier molecular flexibility index (Phi) is 3.16. The van der Waals surface area contributed by atoms with Gasteiger partial charge in [-0.2, -0.15) is 0 Å². The molecule has 0 aliphatic heterocycles. The molecule has 0 N–H and O–H groups in total. The van der Waals surface area contributed by atoms with Crippen molar-refractivity contribution in [1.82, 2.24) is 0 Å². The molecule has 0 saturated heterocycles. The molecule has 0 atom stereocenters. The van der Waals surface area contributed by atoms with Crippen LogP contribution in [0.1, 0.15) is 30.2 Å². The molecule has 1 heteroatoms. The fraction of sp³-hybridized carbons (Fsp3) is 0.222. The Bertz CT molecular complexity index is 719. The largest absolute Gasteiger partial charge is 0.140 e. The first-order valence-electron chi connectivity index (χ1n) is 6.74. The van der Waals surface area contributed by atoms with Crippen molar-refractivity contribution in [2.24, 2.45) is 0 Å². The number of hydrogen-bond acceptors (Lipinski definition) is 1. The van der Waals surface area contributed by atoms with Gasteiger partial charge in [0.25, 0.3) is 0 Å². The molecule has 0 saturated carbocycles. The second-order valence-corrected chi connectivity index (χ2v) is 6.54. The van der Waals surface area contributed by atoms with Crippen LogP contribution in [-0.2, 0) is 0 Å². The Morgan fingerprint density at radius 2 is 1.58 bits per heavy atom. The normalized spacial score (nSPS) is 11.4. The number of rotatable bonds is 2. The molecule has 0 amide bonds. The van der Waals surface area contributed by atoms with Crippen molar-refractivity contribution in [2.45, 2.75) is 26.7 Å². The maximum atomic E-state index is 2.30. The molecule has 3 aromatic rings. The topological polar surface area (TPSA) is 0 Å². The van der Waals surface area contributed by atoms with Crippen LogP contribution in [0.3, 0.4) is 0 Å². The zero-order valence-corrected chi connectivity index (χ0v) is 12.4. The van der Waals surface area contributed by atoms with Crippen molar-refractivity contribution < 1.29 is 0 Å². The summed E-state index contributed by atoms with van der Waals surface area (Å²) >= 11 is 1.91. The molecule has 1 aromatic heterocycles. The lowest BCUT2D eigenvalue weighted by molar-refractivity contribution is 0.890. The van der Waals surface area contributed by atoms with Crippen LogP contribution in [0.5, 0.6) is 0 Å². The van der Waals surface area contributed by atoms with Crippen LogP contribution in [0.25, 0.3) is 21.2 Å². The summed E-state index contributed by atoms with van der Waals surface area (Å²) in [5, 5.41) is 2.65. The van der Waals surface area contributed by atoms with Crippen molar-refractivity contribution >= 4 is 22.1 Å². The van der Waals surface area contributed by atoms with Gasteiger partial charge in [-0.1, -0.05) is 49.7 Å². The maximum absolute atomic E-state index is 2.30. The standard InChI is InChI=1S/C18H18S/c1-12(2)17-8-9-18(19-17)16-7-6-14-10-13(3)4-5-15(14)11-16/h4-12H,1-3H3. The van der Waals surface area contributed by atoms with Crippen LogP contribution in [0, 0.1) is 6.92 Å². The molecule has 19 heavy (non-hydrogen) atoms. The Labute approximate surface area is 118 Å². The fourth-order valence-corrected chi connectivity index (χ4v) is 3.34. The van der Waals surface area contributed by atoms with Gasteiger partial charge in [0.2, 0.25) is 0 Å². The summed E-state index contributed by atoms with van der Waals surface area (Å²) < 4.78 is 0. The Balaban J connectivity index is 2.07. The quantitative estimate of drug-likeness (QED) is 0.533. The van der Waals surface area contributed by atoms with E-state index < -0.39 is 0 Å².